The molecule has 0 saturated heterocycles. The van der Waals surface area contributed by atoms with Crippen molar-refractivity contribution in [2.24, 2.45) is 0 Å². The zero-order valence-electron chi connectivity index (χ0n) is 11.2. The predicted octanol–water partition coefficient (Wildman–Crippen LogP) is 2.99. The largest absolute Gasteiger partial charge is 0.384 e. The smallest absolute Gasteiger partial charge is 0.113 e. The number of benzene rings is 1. The molecule has 1 heterocycles. The minimum atomic E-state index is -0.760. The van der Waals surface area contributed by atoms with Crippen molar-refractivity contribution in [2.45, 2.75) is 44.6 Å². The lowest BCUT2D eigenvalue weighted by Crippen LogP contribution is -2.35. The molecule has 0 spiro atoms. The predicted molar refractivity (Wildman–Crippen MR) is 75.5 cm³/mol. The van der Waals surface area contributed by atoms with Crippen molar-refractivity contribution in [1.82, 2.24) is 15.0 Å². The van der Waals surface area contributed by atoms with Crippen LogP contribution in [0.4, 0.5) is 0 Å². The topological polar surface area (TPSA) is 50.9 Å². The first-order valence-corrected chi connectivity index (χ1v) is 6.94. The van der Waals surface area contributed by atoms with Gasteiger partial charge in [0.15, 0.2) is 0 Å². The van der Waals surface area contributed by atoms with Gasteiger partial charge in [0.05, 0.1) is 11.2 Å². The molecule has 0 unspecified atom stereocenters. The second kappa shape index (κ2) is 4.78. The van der Waals surface area contributed by atoms with Crippen molar-refractivity contribution < 1.29 is 5.11 Å². The van der Waals surface area contributed by atoms with Crippen LogP contribution < -0.4 is 0 Å². The Bertz CT molecular complexity index is 609. The third-order valence-corrected chi connectivity index (χ3v) is 4.01. The van der Waals surface area contributed by atoms with E-state index in [2.05, 4.69) is 10.3 Å². The van der Waals surface area contributed by atoms with Crippen LogP contribution in [0.5, 0.6) is 0 Å². The quantitative estimate of drug-likeness (QED) is 0.899. The van der Waals surface area contributed by atoms with Gasteiger partial charge in [-0.25, -0.2) is 4.68 Å². The molecule has 0 bridgehead atoms. The van der Waals surface area contributed by atoms with Crippen LogP contribution in [0.25, 0.3) is 16.7 Å². The number of allylic oxidation sites excluding steroid dienone is 1. The fraction of sp³-hybridized carbons (Fsp3) is 0.467. The van der Waals surface area contributed by atoms with Crippen LogP contribution in [-0.2, 0) is 0 Å². The zero-order valence-corrected chi connectivity index (χ0v) is 11.2. The Morgan fingerprint density at radius 3 is 2.74 bits per heavy atom. The third kappa shape index (κ3) is 2.06. The summed E-state index contributed by atoms with van der Waals surface area (Å²) >= 11 is 0. The van der Waals surface area contributed by atoms with E-state index in [9.17, 15) is 5.11 Å². The number of fused-ring (bicyclic) bond motifs is 1. The molecule has 100 valence electrons. The van der Waals surface area contributed by atoms with E-state index in [1.165, 1.54) is 6.42 Å². The van der Waals surface area contributed by atoms with Gasteiger partial charge >= 0.3 is 0 Å². The van der Waals surface area contributed by atoms with Gasteiger partial charge in [-0.15, -0.1) is 5.10 Å². The van der Waals surface area contributed by atoms with Crippen molar-refractivity contribution in [3.05, 3.63) is 30.3 Å². The normalized spacial score (nSPS) is 19.8. The molecule has 1 aromatic carbocycles. The first kappa shape index (κ1) is 12.4. The van der Waals surface area contributed by atoms with Gasteiger partial charge in [-0.2, -0.15) is 0 Å². The number of para-hydroxylation sites is 1. The first-order chi connectivity index (χ1) is 9.24. The molecule has 0 aliphatic heterocycles. The number of rotatable bonds is 2. The number of hydrogen-bond acceptors (Lipinski definition) is 3. The van der Waals surface area contributed by atoms with Crippen molar-refractivity contribution in [1.29, 1.82) is 0 Å². The van der Waals surface area contributed by atoms with Gasteiger partial charge in [0.25, 0.3) is 0 Å². The van der Waals surface area contributed by atoms with Crippen molar-refractivity contribution in [2.75, 3.05) is 0 Å². The molecular weight excluding hydrogens is 238 g/mol. The summed E-state index contributed by atoms with van der Waals surface area (Å²) in [7, 11) is 0. The molecular formula is C15H19N3O. The second-order valence-electron chi connectivity index (χ2n) is 5.26. The standard InChI is InChI=1S/C15H19N3O/c1-2-14(15(19)10-6-3-7-11-15)18-13-9-5-4-8-12(13)16-17-18/h2,4-5,8-9,19H,3,6-7,10-11H2,1H3. The molecule has 4 heteroatoms. The summed E-state index contributed by atoms with van der Waals surface area (Å²) in [6.07, 6.45) is 6.92. The molecule has 1 N–H and O–H groups in total. The fourth-order valence-electron chi connectivity index (χ4n) is 3.03. The maximum absolute atomic E-state index is 10.9. The van der Waals surface area contributed by atoms with Crippen LogP contribution in [-0.4, -0.2) is 25.7 Å². The summed E-state index contributed by atoms with van der Waals surface area (Å²) in [4.78, 5) is 0. The van der Waals surface area contributed by atoms with E-state index in [0.717, 1.165) is 42.4 Å². The molecule has 2 aromatic rings. The SMILES string of the molecule is CC=C(n1nnc2ccccc21)C1(O)CCCCC1. The van der Waals surface area contributed by atoms with E-state index < -0.39 is 5.60 Å². The summed E-state index contributed by atoms with van der Waals surface area (Å²) < 4.78 is 1.79. The Labute approximate surface area is 112 Å². The summed E-state index contributed by atoms with van der Waals surface area (Å²) in [5.41, 5.74) is 1.92. The summed E-state index contributed by atoms with van der Waals surface area (Å²) in [6, 6.07) is 7.86. The van der Waals surface area contributed by atoms with E-state index in [0.29, 0.717) is 0 Å². The van der Waals surface area contributed by atoms with Crippen LogP contribution in [0.1, 0.15) is 39.0 Å². The van der Waals surface area contributed by atoms with Crippen LogP contribution in [0, 0.1) is 0 Å². The Kier molecular flexibility index (Phi) is 3.11. The Hall–Kier alpha value is -1.68. The fourth-order valence-corrected chi connectivity index (χ4v) is 3.03. The molecule has 19 heavy (non-hydrogen) atoms. The van der Waals surface area contributed by atoms with Gasteiger partial charge in [-0.05, 0) is 31.9 Å². The molecule has 0 radical (unpaired) electrons. The first-order valence-electron chi connectivity index (χ1n) is 6.94. The van der Waals surface area contributed by atoms with Gasteiger partial charge in [0.2, 0.25) is 0 Å². The highest BCUT2D eigenvalue weighted by atomic mass is 16.3. The van der Waals surface area contributed by atoms with Crippen LogP contribution in [0.3, 0.4) is 0 Å². The lowest BCUT2D eigenvalue weighted by Gasteiger charge is -2.34. The molecule has 0 amide bonds. The maximum Gasteiger partial charge on any atom is 0.113 e. The molecule has 1 fully saturated rings. The van der Waals surface area contributed by atoms with Crippen molar-refractivity contribution in [3.8, 4) is 0 Å². The number of aromatic nitrogens is 3. The molecule has 4 nitrogen and oxygen atoms in total. The summed E-state index contributed by atoms with van der Waals surface area (Å²) in [6.45, 7) is 1.96. The number of hydrogen-bond donors (Lipinski definition) is 1. The minimum absolute atomic E-state index is 0.760. The third-order valence-electron chi connectivity index (χ3n) is 4.01. The minimum Gasteiger partial charge on any atom is -0.384 e. The Morgan fingerprint density at radius 2 is 2.00 bits per heavy atom. The molecule has 3 rings (SSSR count). The molecule has 1 aliphatic rings. The highest BCUT2D eigenvalue weighted by molar-refractivity contribution is 5.78. The van der Waals surface area contributed by atoms with Gasteiger partial charge in [-0.1, -0.05) is 42.7 Å². The highest BCUT2D eigenvalue weighted by Gasteiger charge is 2.35. The van der Waals surface area contributed by atoms with Gasteiger partial charge in [0.1, 0.15) is 11.1 Å². The van der Waals surface area contributed by atoms with Crippen LogP contribution in [0.15, 0.2) is 30.3 Å². The molecule has 1 aliphatic carbocycles. The van der Waals surface area contributed by atoms with Crippen molar-refractivity contribution in [3.63, 3.8) is 0 Å². The average molecular weight is 257 g/mol. The van der Waals surface area contributed by atoms with E-state index >= 15 is 0 Å². The Balaban J connectivity index is 2.08. The molecule has 1 saturated carbocycles. The number of aliphatic hydroxyl groups is 1. The van der Waals surface area contributed by atoms with E-state index in [1.54, 1.807) is 4.68 Å². The van der Waals surface area contributed by atoms with Gasteiger partial charge in [-0.3, -0.25) is 0 Å². The summed E-state index contributed by atoms with van der Waals surface area (Å²) in [5.74, 6) is 0. The average Bonchev–Trinajstić information content (AvgIpc) is 2.84. The van der Waals surface area contributed by atoms with Gasteiger partial charge in [0, 0.05) is 0 Å². The zero-order chi connectivity index (χ0) is 13.3. The van der Waals surface area contributed by atoms with E-state index in [1.807, 2.05) is 37.3 Å². The number of nitrogens with zero attached hydrogens (tertiary/aromatic N) is 3. The van der Waals surface area contributed by atoms with Crippen molar-refractivity contribution >= 4 is 16.7 Å². The summed E-state index contributed by atoms with van der Waals surface area (Å²) in [5, 5.41) is 19.3. The lowest BCUT2D eigenvalue weighted by molar-refractivity contribution is 0.0553. The highest BCUT2D eigenvalue weighted by Crippen LogP contribution is 2.37. The van der Waals surface area contributed by atoms with Crippen LogP contribution >= 0.6 is 0 Å². The van der Waals surface area contributed by atoms with Gasteiger partial charge < -0.3 is 5.11 Å². The monoisotopic (exact) mass is 257 g/mol. The van der Waals surface area contributed by atoms with E-state index in [-0.39, 0.29) is 0 Å². The molecule has 0 atom stereocenters. The lowest BCUT2D eigenvalue weighted by atomic mass is 9.82. The Morgan fingerprint density at radius 1 is 1.26 bits per heavy atom. The second-order valence-corrected chi connectivity index (χ2v) is 5.26. The molecule has 1 aromatic heterocycles. The van der Waals surface area contributed by atoms with E-state index in [4.69, 9.17) is 0 Å². The van der Waals surface area contributed by atoms with Crippen LogP contribution in [0.2, 0.25) is 0 Å². The maximum atomic E-state index is 10.9.